The van der Waals surface area contributed by atoms with Crippen LogP contribution in [0.4, 0.5) is 17.5 Å². The second-order valence-electron chi connectivity index (χ2n) is 5.71. The SMILES string of the molecule is COc1ccc(OCCNc2ccnc(Nc3cccc(C)c3)n2)cc1. The second kappa shape index (κ2) is 8.71. The third kappa shape index (κ3) is 5.11. The predicted octanol–water partition coefficient (Wildman–Crippen LogP) is 4.03. The molecule has 0 radical (unpaired) electrons. The largest absolute Gasteiger partial charge is 0.497 e. The van der Waals surface area contributed by atoms with Gasteiger partial charge >= 0.3 is 0 Å². The van der Waals surface area contributed by atoms with Crippen LogP contribution in [0.3, 0.4) is 0 Å². The van der Waals surface area contributed by atoms with E-state index < -0.39 is 0 Å². The van der Waals surface area contributed by atoms with E-state index in [0.717, 1.165) is 23.0 Å². The van der Waals surface area contributed by atoms with Crippen molar-refractivity contribution in [2.75, 3.05) is 30.9 Å². The topological polar surface area (TPSA) is 68.3 Å². The van der Waals surface area contributed by atoms with Crippen molar-refractivity contribution in [3.63, 3.8) is 0 Å². The molecule has 0 aliphatic rings. The minimum Gasteiger partial charge on any atom is -0.497 e. The monoisotopic (exact) mass is 350 g/mol. The Hall–Kier alpha value is -3.28. The zero-order chi connectivity index (χ0) is 18.2. The molecule has 0 aliphatic carbocycles. The molecule has 26 heavy (non-hydrogen) atoms. The molecule has 0 spiro atoms. The summed E-state index contributed by atoms with van der Waals surface area (Å²) in [5, 5.41) is 6.44. The third-order valence-electron chi connectivity index (χ3n) is 3.67. The number of benzene rings is 2. The van der Waals surface area contributed by atoms with Crippen LogP contribution < -0.4 is 20.1 Å². The number of hydrogen-bond donors (Lipinski definition) is 2. The molecule has 3 aromatic rings. The highest BCUT2D eigenvalue weighted by atomic mass is 16.5. The summed E-state index contributed by atoms with van der Waals surface area (Å²) in [5.41, 5.74) is 2.14. The average molecular weight is 350 g/mol. The van der Waals surface area contributed by atoms with Crippen LogP contribution in [-0.2, 0) is 0 Å². The zero-order valence-corrected chi connectivity index (χ0v) is 14.9. The van der Waals surface area contributed by atoms with Crippen molar-refractivity contribution >= 4 is 17.5 Å². The van der Waals surface area contributed by atoms with Gasteiger partial charge in [0, 0.05) is 11.9 Å². The number of nitrogens with zero attached hydrogens (tertiary/aromatic N) is 2. The number of methoxy groups -OCH3 is 1. The molecule has 3 rings (SSSR count). The Kier molecular flexibility index (Phi) is 5.88. The number of hydrogen-bond acceptors (Lipinski definition) is 6. The Morgan fingerprint density at radius 2 is 1.81 bits per heavy atom. The fourth-order valence-electron chi connectivity index (χ4n) is 2.39. The molecule has 2 aromatic carbocycles. The Balaban J connectivity index is 1.49. The van der Waals surface area contributed by atoms with Crippen LogP contribution in [0.5, 0.6) is 11.5 Å². The molecule has 0 saturated carbocycles. The fraction of sp³-hybridized carbons (Fsp3) is 0.200. The summed E-state index contributed by atoms with van der Waals surface area (Å²) >= 11 is 0. The third-order valence-corrected chi connectivity index (χ3v) is 3.67. The van der Waals surface area contributed by atoms with Crippen molar-refractivity contribution in [1.82, 2.24) is 9.97 Å². The van der Waals surface area contributed by atoms with Gasteiger partial charge in [0.1, 0.15) is 23.9 Å². The summed E-state index contributed by atoms with van der Waals surface area (Å²) in [7, 11) is 1.64. The van der Waals surface area contributed by atoms with Crippen molar-refractivity contribution in [2.45, 2.75) is 6.92 Å². The van der Waals surface area contributed by atoms with Gasteiger partial charge in [-0.3, -0.25) is 0 Å². The molecule has 0 atom stereocenters. The first-order valence-electron chi connectivity index (χ1n) is 8.40. The van der Waals surface area contributed by atoms with Crippen LogP contribution in [0.2, 0.25) is 0 Å². The molecule has 0 amide bonds. The first kappa shape index (κ1) is 17.5. The highest BCUT2D eigenvalue weighted by Gasteiger charge is 2.01. The quantitative estimate of drug-likeness (QED) is 0.598. The summed E-state index contributed by atoms with van der Waals surface area (Å²) in [6.07, 6.45) is 1.72. The Bertz CT molecular complexity index is 837. The molecule has 0 saturated heterocycles. The van der Waals surface area contributed by atoms with Crippen molar-refractivity contribution < 1.29 is 9.47 Å². The molecular weight excluding hydrogens is 328 g/mol. The highest BCUT2D eigenvalue weighted by Crippen LogP contribution is 2.17. The molecule has 1 aromatic heterocycles. The highest BCUT2D eigenvalue weighted by molar-refractivity contribution is 5.55. The molecule has 6 heteroatoms. The second-order valence-corrected chi connectivity index (χ2v) is 5.71. The molecule has 0 aliphatic heterocycles. The molecule has 0 fully saturated rings. The Morgan fingerprint density at radius 3 is 2.58 bits per heavy atom. The van der Waals surface area contributed by atoms with E-state index in [1.807, 2.05) is 61.5 Å². The fourth-order valence-corrected chi connectivity index (χ4v) is 2.39. The molecule has 0 bridgehead atoms. The van der Waals surface area contributed by atoms with Gasteiger partial charge in [0.15, 0.2) is 0 Å². The molecule has 6 nitrogen and oxygen atoms in total. The van der Waals surface area contributed by atoms with E-state index in [4.69, 9.17) is 9.47 Å². The number of aryl methyl sites for hydroxylation is 1. The first-order valence-corrected chi connectivity index (χ1v) is 8.40. The number of aromatic nitrogens is 2. The maximum Gasteiger partial charge on any atom is 0.229 e. The molecule has 134 valence electrons. The maximum absolute atomic E-state index is 5.69. The van der Waals surface area contributed by atoms with Gasteiger partial charge in [0.2, 0.25) is 5.95 Å². The molecule has 2 N–H and O–H groups in total. The molecule has 0 unspecified atom stereocenters. The van der Waals surface area contributed by atoms with Crippen LogP contribution in [0, 0.1) is 6.92 Å². The van der Waals surface area contributed by atoms with Crippen LogP contribution in [-0.4, -0.2) is 30.2 Å². The summed E-state index contributed by atoms with van der Waals surface area (Å²) < 4.78 is 10.8. The van der Waals surface area contributed by atoms with E-state index in [1.165, 1.54) is 5.56 Å². The lowest BCUT2D eigenvalue weighted by Gasteiger charge is -2.10. The van der Waals surface area contributed by atoms with E-state index in [1.54, 1.807) is 13.3 Å². The number of nitrogens with one attached hydrogen (secondary N) is 2. The van der Waals surface area contributed by atoms with Crippen LogP contribution in [0.25, 0.3) is 0 Å². The lowest BCUT2D eigenvalue weighted by molar-refractivity contribution is 0.331. The standard InChI is InChI=1S/C20H22N4O2/c1-15-4-3-5-16(14-15)23-20-22-11-10-19(24-20)21-12-13-26-18-8-6-17(25-2)7-9-18/h3-11,14H,12-13H2,1-2H3,(H2,21,22,23,24). The number of rotatable bonds is 8. The smallest absolute Gasteiger partial charge is 0.229 e. The van der Waals surface area contributed by atoms with Crippen LogP contribution >= 0.6 is 0 Å². The van der Waals surface area contributed by atoms with Crippen molar-refractivity contribution in [3.8, 4) is 11.5 Å². The summed E-state index contributed by atoms with van der Waals surface area (Å²) in [6, 6.07) is 17.4. The molecular formula is C20H22N4O2. The van der Waals surface area contributed by atoms with E-state index in [9.17, 15) is 0 Å². The summed E-state index contributed by atoms with van der Waals surface area (Å²) in [5.74, 6) is 2.91. The molecule has 1 heterocycles. The van der Waals surface area contributed by atoms with Crippen molar-refractivity contribution in [2.24, 2.45) is 0 Å². The first-order chi connectivity index (χ1) is 12.7. The average Bonchev–Trinajstić information content (AvgIpc) is 2.66. The summed E-state index contributed by atoms with van der Waals surface area (Å²) in [4.78, 5) is 8.71. The number of ether oxygens (including phenoxy) is 2. The normalized spacial score (nSPS) is 10.2. The van der Waals surface area contributed by atoms with Gasteiger partial charge in [-0.25, -0.2) is 4.98 Å². The Labute approximate surface area is 153 Å². The Morgan fingerprint density at radius 1 is 1.00 bits per heavy atom. The predicted molar refractivity (Wildman–Crippen MR) is 103 cm³/mol. The number of anilines is 3. The van der Waals surface area contributed by atoms with E-state index in [0.29, 0.717) is 19.1 Å². The maximum atomic E-state index is 5.69. The van der Waals surface area contributed by atoms with Crippen LogP contribution in [0.1, 0.15) is 5.56 Å². The van der Waals surface area contributed by atoms with Gasteiger partial charge in [-0.05, 0) is 55.0 Å². The van der Waals surface area contributed by atoms with Gasteiger partial charge in [-0.15, -0.1) is 0 Å². The lowest BCUT2D eigenvalue weighted by Crippen LogP contribution is -2.13. The summed E-state index contributed by atoms with van der Waals surface area (Å²) in [6.45, 7) is 3.21. The van der Waals surface area contributed by atoms with Gasteiger partial charge in [0.25, 0.3) is 0 Å². The van der Waals surface area contributed by atoms with E-state index in [-0.39, 0.29) is 0 Å². The minimum absolute atomic E-state index is 0.525. The van der Waals surface area contributed by atoms with E-state index >= 15 is 0 Å². The van der Waals surface area contributed by atoms with Gasteiger partial charge < -0.3 is 20.1 Å². The van der Waals surface area contributed by atoms with Crippen molar-refractivity contribution in [3.05, 3.63) is 66.4 Å². The minimum atomic E-state index is 0.525. The lowest BCUT2D eigenvalue weighted by atomic mass is 10.2. The van der Waals surface area contributed by atoms with Gasteiger partial charge in [0.05, 0.1) is 13.7 Å². The zero-order valence-electron chi connectivity index (χ0n) is 14.9. The van der Waals surface area contributed by atoms with Gasteiger partial charge in [-0.2, -0.15) is 4.98 Å². The van der Waals surface area contributed by atoms with Crippen LogP contribution in [0.15, 0.2) is 60.8 Å². The van der Waals surface area contributed by atoms with Gasteiger partial charge in [-0.1, -0.05) is 12.1 Å². The van der Waals surface area contributed by atoms with Crippen molar-refractivity contribution in [1.29, 1.82) is 0 Å². The van der Waals surface area contributed by atoms with E-state index in [2.05, 4.69) is 20.6 Å².